The fourth-order valence-electron chi connectivity index (χ4n) is 10.2. The molecular weight excluding hydrogens is 753 g/mol. The molecule has 3 nitrogen and oxygen atoms in total. The molecule has 0 amide bonds. The maximum absolute atomic E-state index is 14.4. The summed E-state index contributed by atoms with van der Waals surface area (Å²) in [4.78, 5) is 19.1. The van der Waals surface area contributed by atoms with Crippen molar-refractivity contribution in [3.8, 4) is 11.1 Å². The highest BCUT2D eigenvalue weighted by atomic mass is 16.1. The van der Waals surface area contributed by atoms with Crippen LogP contribution in [-0.2, 0) is 10.8 Å². The Kier molecular flexibility index (Phi) is 8.87. The highest BCUT2D eigenvalue weighted by molar-refractivity contribution is 6.14. The van der Waals surface area contributed by atoms with Gasteiger partial charge >= 0.3 is 0 Å². The Morgan fingerprint density at radius 2 is 0.887 bits per heavy atom. The van der Waals surface area contributed by atoms with Crippen LogP contribution in [0.15, 0.2) is 231 Å². The minimum Gasteiger partial charge on any atom is -0.310 e. The molecule has 0 radical (unpaired) electrons. The van der Waals surface area contributed by atoms with Gasteiger partial charge in [0.2, 0.25) is 0 Å². The number of carbonyl (C=O) groups is 1. The summed E-state index contributed by atoms with van der Waals surface area (Å²) < 4.78 is 0. The molecule has 0 saturated carbocycles. The van der Waals surface area contributed by atoms with Gasteiger partial charge in [0.25, 0.3) is 0 Å². The van der Waals surface area contributed by atoms with Crippen LogP contribution < -0.4 is 9.80 Å². The number of benzene rings is 9. The molecule has 9 aromatic rings. The molecule has 0 atom stereocenters. The van der Waals surface area contributed by atoms with Gasteiger partial charge in [0.1, 0.15) is 0 Å². The molecule has 9 aromatic carbocycles. The van der Waals surface area contributed by atoms with Crippen molar-refractivity contribution in [1.82, 2.24) is 0 Å². The zero-order valence-electron chi connectivity index (χ0n) is 34.7. The Morgan fingerprint density at radius 1 is 0.387 bits per heavy atom. The zero-order chi connectivity index (χ0) is 41.8. The van der Waals surface area contributed by atoms with Crippen molar-refractivity contribution in [2.75, 3.05) is 9.80 Å². The molecule has 0 spiro atoms. The maximum Gasteiger partial charge on any atom is 0.193 e. The average Bonchev–Trinajstić information content (AvgIpc) is 3.34. The predicted molar refractivity (Wildman–Crippen MR) is 255 cm³/mol. The second-order valence-corrected chi connectivity index (χ2v) is 16.8. The fourth-order valence-corrected chi connectivity index (χ4v) is 10.2. The van der Waals surface area contributed by atoms with Gasteiger partial charge in [-0.25, -0.2) is 0 Å². The van der Waals surface area contributed by atoms with Crippen LogP contribution in [0.1, 0.15) is 63.1 Å². The Hall–Kier alpha value is -7.75. The first-order chi connectivity index (χ1) is 30.4. The third-order valence-corrected chi connectivity index (χ3v) is 13.1. The minimum absolute atomic E-state index is 0.0594. The van der Waals surface area contributed by atoms with Gasteiger partial charge < -0.3 is 9.80 Å². The van der Waals surface area contributed by atoms with Crippen molar-refractivity contribution in [2.45, 2.75) is 24.7 Å². The number of fused-ring (bicyclic) bond motifs is 4. The summed E-state index contributed by atoms with van der Waals surface area (Å²) >= 11 is 0. The highest BCUT2D eigenvalue weighted by Crippen LogP contribution is 2.54. The molecule has 2 aliphatic rings. The third kappa shape index (κ3) is 5.77. The van der Waals surface area contributed by atoms with Gasteiger partial charge in [0, 0.05) is 39.3 Å². The van der Waals surface area contributed by atoms with E-state index in [1.807, 2.05) is 18.2 Å². The number of rotatable bonds is 7. The molecule has 1 aliphatic carbocycles. The van der Waals surface area contributed by atoms with Crippen LogP contribution in [0.3, 0.4) is 0 Å². The lowest BCUT2D eigenvalue weighted by Crippen LogP contribution is -2.38. The molecule has 3 heteroatoms. The molecule has 62 heavy (non-hydrogen) atoms. The smallest absolute Gasteiger partial charge is 0.193 e. The zero-order valence-corrected chi connectivity index (χ0v) is 34.7. The Labute approximate surface area is 363 Å². The van der Waals surface area contributed by atoms with Crippen molar-refractivity contribution in [3.63, 3.8) is 0 Å². The highest BCUT2D eigenvalue weighted by Gasteiger charge is 2.46. The first kappa shape index (κ1) is 37.3. The second kappa shape index (κ2) is 14.8. The van der Waals surface area contributed by atoms with E-state index in [-0.39, 0.29) is 11.2 Å². The first-order valence-corrected chi connectivity index (χ1v) is 21.4. The van der Waals surface area contributed by atoms with E-state index in [2.05, 4.69) is 236 Å². The molecule has 0 saturated heterocycles. The average molecular weight is 797 g/mol. The summed E-state index contributed by atoms with van der Waals surface area (Å²) in [5.74, 6) is 0.0594. The molecule has 0 fully saturated rings. The van der Waals surface area contributed by atoms with E-state index in [9.17, 15) is 4.79 Å². The minimum atomic E-state index is -0.693. The lowest BCUT2D eigenvalue weighted by atomic mass is 9.59. The van der Waals surface area contributed by atoms with Crippen LogP contribution in [0.2, 0.25) is 0 Å². The number of para-hydroxylation sites is 3. The Bertz CT molecular complexity index is 3020. The number of carbonyl (C=O) groups excluding carboxylic acids is 1. The molecule has 11 rings (SSSR count). The summed E-state index contributed by atoms with van der Waals surface area (Å²) in [5, 5.41) is 0. The van der Waals surface area contributed by atoms with Crippen molar-refractivity contribution < 1.29 is 4.79 Å². The van der Waals surface area contributed by atoms with Gasteiger partial charge in [-0.1, -0.05) is 178 Å². The lowest BCUT2D eigenvalue weighted by Gasteiger charge is -2.42. The molecular formula is C59H44N2O. The number of hydrogen-bond acceptors (Lipinski definition) is 3. The quantitative estimate of drug-likeness (QED) is 0.160. The topological polar surface area (TPSA) is 23.6 Å². The summed E-state index contributed by atoms with van der Waals surface area (Å²) in [6, 6.07) is 81.8. The van der Waals surface area contributed by atoms with Crippen molar-refractivity contribution in [3.05, 3.63) is 275 Å². The molecule has 0 bridgehead atoms. The van der Waals surface area contributed by atoms with Crippen LogP contribution in [0.4, 0.5) is 34.1 Å². The fraction of sp³-hybridized carbons (Fsp3) is 0.0678. The van der Waals surface area contributed by atoms with E-state index in [0.29, 0.717) is 0 Å². The van der Waals surface area contributed by atoms with E-state index in [0.717, 1.165) is 72.9 Å². The second-order valence-electron chi connectivity index (χ2n) is 16.8. The standard InChI is InChI=1S/C59H44N2O/c1-58(2)52-29-17-18-30-55(52)61(56-38-36-48(40-54(56)58)60(45-23-11-5-12-24-45)46-25-13-6-14-26-46)47-34-31-41(32-35-47)42-33-37-50-53(39-42)59(43-19-7-3-8-20-43,44-21-9-4-10-22-44)51-28-16-15-27-49(51)57(50)62/h3-40H,1-2H3. The van der Waals surface area contributed by atoms with Gasteiger partial charge in [0.15, 0.2) is 5.78 Å². The van der Waals surface area contributed by atoms with Gasteiger partial charge in [0.05, 0.1) is 16.8 Å². The summed E-state index contributed by atoms with van der Waals surface area (Å²) in [6.45, 7) is 4.68. The number of ketones is 1. The number of nitrogens with zero attached hydrogens (tertiary/aromatic N) is 2. The first-order valence-electron chi connectivity index (χ1n) is 21.4. The monoisotopic (exact) mass is 796 g/mol. The van der Waals surface area contributed by atoms with Crippen LogP contribution >= 0.6 is 0 Å². The van der Waals surface area contributed by atoms with Gasteiger partial charge in [-0.05, 0) is 111 Å². The van der Waals surface area contributed by atoms with E-state index in [1.54, 1.807) is 0 Å². The SMILES string of the molecule is CC1(C)c2ccccc2N(c2ccc(-c3ccc4c(c3)C(c3ccccc3)(c3ccccc3)c3ccccc3C4=O)cc2)c2ccc(N(c3ccccc3)c3ccccc3)cc21. The Morgan fingerprint density at radius 3 is 1.52 bits per heavy atom. The summed E-state index contributed by atoms with van der Waals surface area (Å²) in [7, 11) is 0. The Balaban J connectivity index is 1.04. The van der Waals surface area contributed by atoms with Crippen LogP contribution in [0.5, 0.6) is 0 Å². The van der Waals surface area contributed by atoms with Gasteiger partial charge in [-0.2, -0.15) is 0 Å². The van der Waals surface area contributed by atoms with Crippen LogP contribution in [0.25, 0.3) is 11.1 Å². The van der Waals surface area contributed by atoms with Crippen LogP contribution in [-0.4, -0.2) is 5.78 Å². The molecule has 0 N–H and O–H groups in total. The van der Waals surface area contributed by atoms with Crippen molar-refractivity contribution in [1.29, 1.82) is 0 Å². The van der Waals surface area contributed by atoms with Crippen molar-refractivity contribution in [2.24, 2.45) is 0 Å². The maximum atomic E-state index is 14.4. The number of anilines is 6. The van der Waals surface area contributed by atoms with Crippen LogP contribution in [0, 0.1) is 0 Å². The van der Waals surface area contributed by atoms with E-state index in [4.69, 9.17) is 0 Å². The van der Waals surface area contributed by atoms with E-state index >= 15 is 0 Å². The molecule has 0 unspecified atom stereocenters. The summed E-state index contributed by atoms with van der Waals surface area (Å²) in [5.41, 5.74) is 16.2. The van der Waals surface area contributed by atoms with Crippen molar-refractivity contribution >= 4 is 39.9 Å². The molecule has 1 aliphatic heterocycles. The predicted octanol–water partition coefficient (Wildman–Crippen LogP) is 14.9. The normalized spacial score (nSPS) is 14.2. The third-order valence-electron chi connectivity index (χ3n) is 13.1. The van der Waals surface area contributed by atoms with E-state index in [1.165, 1.54) is 16.8 Å². The van der Waals surface area contributed by atoms with Gasteiger partial charge in [-0.15, -0.1) is 0 Å². The lowest BCUT2D eigenvalue weighted by molar-refractivity contribution is 0.103. The molecule has 0 aromatic heterocycles. The van der Waals surface area contributed by atoms with E-state index < -0.39 is 5.41 Å². The largest absolute Gasteiger partial charge is 0.310 e. The van der Waals surface area contributed by atoms with Gasteiger partial charge in [-0.3, -0.25) is 4.79 Å². The molecule has 1 heterocycles. The molecule has 296 valence electrons. The number of hydrogen-bond donors (Lipinski definition) is 0. The summed E-state index contributed by atoms with van der Waals surface area (Å²) in [6.07, 6.45) is 0.